The zero-order chi connectivity index (χ0) is 34.1. The number of rotatable bonds is 7. The number of thiazole rings is 1. The number of piperidine rings is 1. The van der Waals surface area contributed by atoms with Crippen LogP contribution in [-0.2, 0) is 38.6 Å². The third-order valence-electron chi connectivity index (χ3n) is 8.48. The molecule has 2 atom stereocenters. The van der Waals surface area contributed by atoms with Crippen molar-refractivity contribution in [1.29, 1.82) is 0 Å². The van der Waals surface area contributed by atoms with Gasteiger partial charge in [0.15, 0.2) is 5.13 Å². The van der Waals surface area contributed by atoms with Crippen LogP contribution < -0.4 is 9.64 Å². The number of hydrogen-bond donors (Lipinski definition) is 0. The van der Waals surface area contributed by atoms with Crippen LogP contribution in [0.25, 0.3) is 11.3 Å². The minimum Gasteiger partial charge on any atom is -0.488 e. The smallest absolute Gasteiger partial charge is 0.410 e. The minimum atomic E-state index is -0.533. The van der Waals surface area contributed by atoms with E-state index in [-0.39, 0.29) is 24.1 Å². The van der Waals surface area contributed by atoms with Crippen molar-refractivity contribution in [1.82, 2.24) is 9.88 Å². The van der Waals surface area contributed by atoms with Crippen molar-refractivity contribution in [2.24, 2.45) is 5.92 Å². The highest BCUT2D eigenvalue weighted by Crippen LogP contribution is 2.38. The molecule has 0 aliphatic carbocycles. The van der Waals surface area contributed by atoms with E-state index in [1.165, 1.54) is 11.1 Å². The van der Waals surface area contributed by atoms with E-state index in [9.17, 15) is 9.59 Å². The lowest BCUT2D eigenvalue weighted by molar-refractivity contribution is -0.165. The molecule has 1 fully saturated rings. The molecule has 0 saturated carbocycles. The van der Waals surface area contributed by atoms with Crippen LogP contribution in [0.5, 0.6) is 5.75 Å². The lowest BCUT2D eigenvalue weighted by Gasteiger charge is -2.37. The van der Waals surface area contributed by atoms with Crippen LogP contribution >= 0.6 is 11.3 Å². The number of aromatic nitrogens is 1. The first-order valence-electron chi connectivity index (χ1n) is 16.4. The van der Waals surface area contributed by atoms with Crippen LogP contribution in [0, 0.1) is 19.8 Å². The van der Waals surface area contributed by atoms with Crippen molar-refractivity contribution in [2.75, 3.05) is 31.6 Å². The number of para-hydroxylation sites is 1. The lowest BCUT2D eigenvalue weighted by atomic mass is 9.93. The van der Waals surface area contributed by atoms with Gasteiger partial charge in [0.2, 0.25) is 0 Å². The standard InChI is InChI=1S/C37H49N3O6S/c1-23-11-10-12-27(30-22-47-34(38-30)39-16-14-28(31(20-39)43-9)33(41)45-36(3,4)5)32(23)44-21-25-17-24(2)29-19-40(15-13-26(29)18-25)35(42)46-37(6,7)8/h10-12,17-18,22,28,31H,13-16,19-21H2,1-9H3/t28-,31+/m1/s1. The van der Waals surface area contributed by atoms with Gasteiger partial charge in [-0.15, -0.1) is 11.3 Å². The summed E-state index contributed by atoms with van der Waals surface area (Å²) in [5, 5.41) is 2.96. The molecule has 1 saturated heterocycles. The van der Waals surface area contributed by atoms with Crippen LogP contribution in [0.4, 0.5) is 9.93 Å². The Kier molecular flexibility index (Phi) is 10.2. The van der Waals surface area contributed by atoms with Gasteiger partial charge >= 0.3 is 12.1 Å². The number of hydrogen-bond acceptors (Lipinski definition) is 9. The molecule has 5 rings (SSSR count). The number of amides is 1. The zero-order valence-corrected chi connectivity index (χ0v) is 30.1. The summed E-state index contributed by atoms with van der Waals surface area (Å²) in [6.07, 6.45) is 0.875. The van der Waals surface area contributed by atoms with Crippen LogP contribution in [0.3, 0.4) is 0 Å². The fourth-order valence-corrected chi connectivity index (χ4v) is 7.08. The maximum atomic E-state index is 12.9. The fraction of sp³-hybridized carbons (Fsp3) is 0.541. The van der Waals surface area contributed by atoms with E-state index in [4.69, 9.17) is 23.9 Å². The Labute approximate surface area is 283 Å². The summed E-state index contributed by atoms with van der Waals surface area (Å²) < 4.78 is 23.6. The normalized spacial score (nSPS) is 18.5. The highest BCUT2D eigenvalue weighted by Gasteiger charge is 2.38. The van der Waals surface area contributed by atoms with Crippen molar-refractivity contribution in [3.8, 4) is 17.0 Å². The van der Waals surface area contributed by atoms with E-state index < -0.39 is 11.2 Å². The molecule has 2 aromatic carbocycles. The molecule has 1 amide bonds. The Balaban J connectivity index is 1.27. The molecule has 0 radical (unpaired) electrons. The Morgan fingerprint density at radius 3 is 2.45 bits per heavy atom. The van der Waals surface area contributed by atoms with Gasteiger partial charge in [0.1, 0.15) is 23.6 Å². The van der Waals surface area contributed by atoms with E-state index in [0.717, 1.165) is 45.2 Å². The topological polar surface area (TPSA) is 90.4 Å². The van der Waals surface area contributed by atoms with Gasteiger partial charge in [-0.3, -0.25) is 4.79 Å². The molecule has 3 aromatic rings. The monoisotopic (exact) mass is 663 g/mol. The molecular weight excluding hydrogens is 614 g/mol. The summed E-state index contributed by atoms with van der Waals surface area (Å²) in [5.74, 6) is 0.305. The Hall–Kier alpha value is -3.63. The number of fused-ring (bicyclic) bond motifs is 1. The number of esters is 1. The molecule has 1 aromatic heterocycles. The fourth-order valence-electron chi connectivity index (χ4n) is 6.22. The first-order valence-corrected chi connectivity index (χ1v) is 17.3. The van der Waals surface area contributed by atoms with Gasteiger partial charge in [-0.05, 0) is 102 Å². The molecule has 2 aliphatic heterocycles. The van der Waals surface area contributed by atoms with Gasteiger partial charge in [-0.2, -0.15) is 0 Å². The number of carbonyl (C=O) groups excluding carboxylic acids is 2. The van der Waals surface area contributed by atoms with Crippen molar-refractivity contribution in [3.05, 3.63) is 63.5 Å². The van der Waals surface area contributed by atoms with Crippen LogP contribution in [0.1, 0.15) is 75.8 Å². The molecule has 0 bridgehead atoms. The van der Waals surface area contributed by atoms with Crippen molar-refractivity contribution >= 4 is 28.5 Å². The van der Waals surface area contributed by atoms with Gasteiger partial charge in [0, 0.05) is 44.2 Å². The number of nitrogens with zero attached hydrogens (tertiary/aromatic N) is 3. The average Bonchev–Trinajstić information content (AvgIpc) is 3.48. The Morgan fingerprint density at radius 2 is 1.74 bits per heavy atom. The minimum absolute atomic E-state index is 0.206. The number of benzene rings is 2. The first-order chi connectivity index (χ1) is 22.1. The van der Waals surface area contributed by atoms with Gasteiger partial charge in [-0.25, -0.2) is 9.78 Å². The Bertz CT molecular complexity index is 1600. The summed E-state index contributed by atoms with van der Waals surface area (Å²) in [5.41, 5.74) is 6.47. The summed E-state index contributed by atoms with van der Waals surface area (Å²) in [6, 6.07) is 10.5. The van der Waals surface area contributed by atoms with E-state index in [1.54, 1.807) is 23.3 Å². The number of aryl methyl sites for hydroxylation is 2. The highest BCUT2D eigenvalue weighted by molar-refractivity contribution is 7.14. The second kappa shape index (κ2) is 13.8. The third kappa shape index (κ3) is 8.46. The predicted molar refractivity (Wildman–Crippen MR) is 185 cm³/mol. The number of methoxy groups -OCH3 is 1. The lowest BCUT2D eigenvalue weighted by Crippen LogP contribution is -2.49. The largest absolute Gasteiger partial charge is 0.488 e. The summed E-state index contributed by atoms with van der Waals surface area (Å²) in [7, 11) is 1.65. The average molecular weight is 664 g/mol. The SMILES string of the molecule is CO[C@H]1CN(c2nc(-c3cccc(C)c3OCc3cc(C)c4c(c3)CCN(C(=O)OC(C)(C)C)C4)cs2)CC[C@H]1C(=O)OC(C)(C)C. The van der Waals surface area contributed by atoms with E-state index in [2.05, 4.69) is 48.4 Å². The molecule has 9 nitrogen and oxygen atoms in total. The summed E-state index contributed by atoms with van der Waals surface area (Å²) in [4.78, 5) is 34.6. The number of anilines is 1. The van der Waals surface area contributed by atoms with Gasteiger partial charge in [-0.1, -0.05) is 24.3 Å². The molecule has 47 heavy (non-hydrogen) atoms. The van der Waals surface area contributed by atoms with Crippen LogP contribution in [0.2, 0.25) is 0 Å². The van der Waals surface area contributed by atoms with Crippen molar-refractivity contribution in [2.45, 2.75) is 98.7 Å². The number of ether oxygens (including phenoxy) is 4. The summed E-state index contributed by atoms with van der Waals surface area (Å²) in [6.45, 7) is 18.4. The van der Waals surface area contributed by atoms with E-state index in [1.807, 2.05) is 47.6 Å². The van der Waals surface area contributed by atoms with E-state index >= 15 is 0 Å². The van der Waals surface area contributed by atoms with E-state index in [0.29, 0.717) is 39.2 Å². The van der Waals surface area contributed by atoms with Crippen molar-refractivity contribution in [3.63, 3.8) is 0 Å². The second-order valence-corrected chi connectivity index (χ2v) is 15.4. The van der Waals surface area contributed by atoms with Crippen LogP contribution in [-0.4, -0.2) is 66.0 Å². The number of carbonyl (C=O) groups is 2. The molecule has 3 heterocycles. The Morgan fingerprint density at radius 1 is 1.00 bits per heavy atom. The maximum absolute atomic E-state index is 12.9. The molecule has 10 heteroatoms. The van der Waals surface area contributed by atoms with Gasteiger partial charge in [0.25, 0.3) is 0 Å². The zero-order valence-electron chi connectivity index (χ0n) is 29.3. The molecule has 0 N–H and O–H groups in total. The second-order valence-electron chi connectivity index (χ2n) is 14.6. The summed E-state index contributed by atoms with van der Waals surface area (Å²) >= 11 is 1.59. The third-order valence-corrected chi connectivity index (χ3v) is 9.38. The first kappa shape index (κ1) is 34.7. The predicted octanol–water partition coefficient (Wildman–Crippen LogP) is 7.48. The molecule has 0 spiro atoms. The molecule has 2 aliphatic rings. The molecule has 254 valence electrons. The quantitative estimate of drug-likeness (QED) is 0.241. The maximum Gasteiger partial charge on any atom is 0.410 e. The molecule has 0 unspecified atom stereocenters. The van der Waals surface area contributed by atoms with Crippen LogP contribution in [0.15, 0.2) is 35.7 Å². The van der Waals surface area contributed by atoms with Gasteiger partial charge in [0.05, 0.1) is 17.7 Å². The van der Waals surface area contributed by atoms with Gasteiger partial charge < -0.3 is 28.7 Å². The molecular formula is C37H49N3O6S. The highest BCUT2D eigenvalue weighted by atomic mass is 32.1. The van der Waals surface area contributed by atoms with Crippen molar-refractivity contribution < 1.29 is 28.5 Å².